The number of halogens is 1. The van der Waals surface area contributed by atoms with E-state index < -0.39 is 5.97 Å². The first-order valence-corrected chi connectivity index (χ1v) is 7.15. The Morgan fingerprint density at radius 1 is 1.23 bits per heavy atom. The van der Waals surface area contributed by atoms with E-state index >= 15 is 0 Å². The Balaban J connectivity index is 1.72. The molecular weight excluding hydrogens is 354 g/mol. The Morgan fingerprint density at radius 3 is 2.82 bits per heavy atom. The molecule has 0 bridgehead atoms. The Bertz CT molecular complexity index is 823. The summed E-state index contributed by atoms with van der Waals surface area (Å²) < 4.78 is 21.6. The molecular formula is C15H8BrNO5. The molecule has 0 unspecified atom stereocenters. The first-order chi connectivity index (χ1) is 10.7. The highest BCUT2D eigenvalue weighted by atomic mass is 79.9. The number of fused-ring (bicyclic) bond motifs is 1. The molecule has 0 aliphatic carbocycles. The Morgan fingerprint density at radius 2 is 2.05 bits per heavy atom. The first kappa shape index (κ1) is 13.1. The molecule has 2 aliphatic heterocycles. The zero-order chi connectivity index (χ0) is 15.1. The molecule has 6 nitrogen and oxygen atoms in total. The van der Waals surface area contributed by atoms with Crippen LogP contribution in [0.5, 0.6) is 11.5 Å². The van der Waals surface area contributed by atoms with Gasteiger partial charge in [0.2, 0.25) is 6.79 Å². The molecule has 3 heterocycles. The van der Waals surface area contributed by atoms with Gasteiger partial charge in [-0.3, -0.25) is 0 Å². The number of carbonyl (C=O) groups excluding carboxylic acids is 1. The van der Waals surface area contributed by atoms with Crippen LogP contribution in [0.1, 0.15) is 11.3 Å². The molecule has 2 aromatic rings. The number of aliphatic imine (C=N–C) groups is 1. The molecule has 110 valence electrons. The van der Waals surface area contributed by atoms with Crippen LogP contribution in [0.15, 0.2) is 50.1 Å². The lowest BCUT2D eigenvalue weighted by atomic mass is 10.1. The largest absolute Gasteiger partial charge is 0.459 e. The zero-order valence-electron chi connectivity index (χ0n) is 11.0. The standard InChI is InChI=1S/C15H8BrNO5/c16-9-6-13-12(20-7-21-13)5-8(9)4-10-15(18)22-14(17-10)11-2-1-3-19-11/h1-6H,7H2/b10-4-. The highest BCUT2D eigenvalue weighted by molar-refractivity contribution is 9.10. The summed E-state index contributed by atoms with van der Waals surface area (Å²) in [6.07, 6.45) is 3.10. The van der Waals surface area contributed by atoms with Crippen molar-refractivity contribution in [1.82, 2.24) is 0 Å². The smallest absolute Gasteiger partial charge is 0.363 e. The van der Waals surface area contributed by atoms with Gasteiger partial charge in [-0.25, -0.2) is 9.79 Å². The Labute approximate surface area is 133 Å². The van der Waals surface area contributed by atoms with Gasteiger partial charge in [-0.2, -0.15) is 0 Å². The number of benzene rings is 1. The topological polar surface area (TPSA) is 70.3 Å². The van der Waals surface area contributed by atoms with Crippen molar-refractivity contribution in [2.45, 2.75) is 0 Å². The molecule has 0 radical (unpaired) electrons. The summed E-state index contributed by atoms with van der Waals surface area (Å²) in [7, 11) is 0. The Hall–Kier alpha value is -2.54. The Kier molecular flexibility index (Phi) is 3.00. The number of carbonyl (C=O) groups is 1. The van der Waals surface area contributed by atoms with E-state index in [0.29, 0.717) is 17.3 Å². The van der Waals surface area contributed by atoms with E-state index in [2.05, 4.69) is 20.9 Å². The fraction of sp³-hybridized carbons (Fsp3) is 0.0667. The summed E-state index contributed by atoms with van der Waals surface area (Å²) in [6, 6.07) is 6.92. The summed E-state index contributed by atoms with van der Waals surface area (Å²) in [4.78, 5) is 16.1. The number of rotatable bonds is 2. The molecule has 0 N–H and O–H groups in total. The van der Waals surface area contributed by atoms with E-state index in [1.54, 1.807) is 30.3 Å². The van der Waals surface area contributed by atoms with E-state index in [9.17, 15) is 4.79 Å². The van der Waals surface area contributed by atoms with Crippen molar-refractivity contribution >= 4 is 33.9 Å². The molecule has 0 saturated heterocycles. The molecule has 0 spiro atoms. The first-order valence-electron chi connectivity index (χ1n) is 6.36. The van der Waals surface area contributed by atoms with Crippen LogP contribution in [0.2, 0.25) is 0 Å². The lowest BCUT2D eigenvalue weighted by Gasteiger charge is -2.01. The van der Waals surface area contributed by atoms with Gasteiger partial charge in [-0.05, 0) is 35.9 Å². The maximum Gasteiger partial charge on any atom is 0.363 e. The van der Waals surface area contributed by atoms with Gasteiger partial charge >= 0.3 is 5.97 Å². The fourth-order valence-electron chi connectivity index (χ4n) is 2.11. The SMILES string of the molecule is O=C1OC(c2ccco2)=N/C1=C\c1cc2c(cc1Br)OCO2. The number of esters is 1. The normalized spacial score (nSPS) is 17.8. The summed E-state index contributed by atoms with van der Waals surface area (Å²) in [5.41, 5.74) is 0.923. The molecule has 0 amide bonds. The molecule has 0 fully saturated rings. The van der Waals surface area contributed by atoms with Gasteiger partial charge in [-0.1, -0.05) is 15.9 Å². The van der Waals surface area contributed by atoms with E-state index in [4.69, 9.17) is 18.6 Å². The summed E-state index contributed by atoms with van der Waals surface area (Å²) >= 11 is 3.43. The molecule has 0 atom stereocenters. The molecule has 22 heavy (non-hydrogen) atoms. The minimum Gasteiger partial charge on any atom is -0.459 e. The minimum atomic E-state index is -0.532. The lowest BCUT2D eigenvalue weighted by Crippen LogP contribution is -2.04. The summed E-state index contributed by atoms with van der Waals surface area (Å²) in [6.45, 7) is 0.185. The van der Waals surface area contributed by atoms with E-state index in [0.717, 1.165) is 10.0 Å². The number of hydrogen-bond donors (Lipinski definition) is 0. The van der Waals surface area contributed by atoms with Crippen molar-refractivity contribution in [2.75, 3.05) is 6.79 Å². The number of furan rings is 1. The van der Waals surface area contributed by atoms with Crippen LogP contribution < -0.4 is 9.47 Å². The van der Waals surface area contributed by atoms with Crippen LogP contribution in [0, 0.1) is 0 Å². The van der Waals surface area contributed by atoms with Crippen LogP contribution in [0.4, 0.5) is 0 Å². The predicted molar refractivity (Wildman–Crippen MR) is 79.6 cm³/mol. The number of nitrogens with zero attached hydrogens (tertiary/aromatic N) is 1. The second-order valence-corrected chi connectivity index (χ2v) is 5.39. The maximum atomic E-state index is 11.9. The van der Waals surface area contributed by atoms with Crippen molar-refractivity contribution in [3.8, 4) is 11.5 Å². The van der Waals surface area contributed by atoms with Gasteiger partial charge in [0.05, 0.1) is 6.26 Å². The second kappa shape index (κ2) is 5.03. The van der Waals surface area contributed by atoms with Crippen LogP contribution in [0.3, 0.4) is 0 Å². The molecule has 4 rings (SSSR count). The highest BCUT2D eigenvalue weighted by Gasteiger charge is 2.26. The molecule has 0 saturated carbocycles. The van der Waals surface area contributed by atoms with Crippen LogP contribution in [0.25, 0.3) is 6.08 Å². The monoisotopic (exact) mass is 361 g/mol. The summed E-state index contributed by atoms with van der Waals surface area (Å²) in [5, 5.41) is 0. The molecule has 1 aromatic heterocycles. The maximum absolute atomic E-state index is 11.9. The number of hydrogen-bond acceptors (Lipinski definition) is 6. The third-order valence-corrected chi connectivity index (χ3v) is 3.82. The van der Waals surface area contributed by atoms with Crippen LogP contribution in [-0.4, -0.2) is 18.7 Å². The van der Waals surface area contributed by atoms with Gasteiger partial charge in [-0.15, -0.1) is 0 Å². The third-order valence-electron chi connectivity index (χ3n) is 3.14. The van der Waals surface area contributed by atoms with Crippen molar-refractivity contribution in [3.63, 3.8) is 0 Å². The number of ether oxygens (including phenoxy) is 3. The van der Waals surface area contributed by atoms with E-state index in [1.165, 1.54) is 6.26 Å². The van der Waals surface area contributed by atoms with Gasteiger partial charge in [0.25, 0.3) is 5.90 Å². The van der Waals surface area contributed by atoms with Crippen LogP contribution in [-0.2, 0) is 9.53 Å². The molecule has 2 aliphatic rings. The minimum absolute atomic E-state index is 0.151. The molecule has 7 heteroatoms. The third kappa shape index (κ3) is 2.19. The van der Waals surface area contributed by atoms with Gasteiger partial charge in [0.1, 0.15) is 0 Å². The number of cyclic esters (lactones) is 1. The second-order valence-electron chi connectivity index (χ2n) is 4.54. The van der Waals surface area contributed by atoms with Gasteiger partial charge in [0.15, 0.2) is 23.0 Å². The van der Waals surface area contributed by atoms with E-state index in [1.807, 2.05) is 0 Å². The van der Waals surface area contributed by atoms with Gasteiger partial charge in [0, 0.05) is 4.47 Å². The molecule has 1 aromatic carbocycles. The van der Waals surface area contributed by atoms with Gasteiger partial charge < -0.3 is 18.6 Å². The quantitative estimate of drug-likeness (QED) is 0.607. The van der Waals surface area contributed by atoms with Crippen molar-refractivity contribution in [2.24, 2.45) is 4.99 Å². The average Bonchev–Trinajstić information content (AvgIpc) is 3.21. The average molecular weight is 362 g/mol. The van der Waals surface area contributed by atoms with Crippen LogP contribution >= 0.6 is 15.9 Å². The van der Waals surface area contributed by atoms with Crippen molar-refractivity contribution in [1.29, 1.82) is 0 Å². The lowest BCUT2D eigenvalue weighted by molar-refractivity contribution is -0.130. The fourth-order valence-corrected chi connectivity index (χ4v) is 2.54. The van der Waals surface area contributed by atoms with Crippen molar-refractivity contribution in [3.05, 3.63) is 52.0 Å². The van der Waals surface area contributed by atoms with E-state index in [-0.39, 0.29) is 18.4 Å². The highest BCUT2D eigenvalue weighted by Crippen LogP contribution is 2.38. The summed E-state index contributed by atoms with van der Waals surface area (Å²) in [5.74, 6) is 1.30. The van der Waals surface area contributed by atoms with Crippen molar-refractivity contribution < 1.29 is 23.4 Å². The predicted octanol–water partition coefficient (Wildman–Crippen LogP) is 3.12. The zero-order valence-corrected chi connectivity index (χ0v) is 12.6.